The molecular formula is C24H31Cl2N2O2+. The minimum absolute atomic E-state index is 0.375. The van der Waals surface area contributed by atoms with Gasteiger partial charge in [0.2, 0.25) is 0 Å². The van der Waals surface area contributed by atoms with Crippen LogP contribution in [0.1, 0.15) is 42.6 Å². The lowest BCUT2D eigenvalue weighted by Gasteiger charge is -2.18. The van der Waals surface area contributed by atoms with E-state index in [0.717, 1.165) is 23.9 Å². The van der Waals surface area contributed by atoms with Crippen LogP contribution in [0.5, 0.6) is 5.75 Å². The van der Waals surface area contributed by atoms with Crippen LogP contribution >= 0.6 is 23.2 Å². The lowest BCUT2D eigenvalue weighted by Crippen LogP contribution is -3.12. The number of esters is 1. The number of hydrogen-bond acceptors (Lipinski definition) is 2. The fourth-order valence-corrected chi connectivity index (χ4v) is 3.77. The number of H-pyrrole nitrogens is 1. The van der Waals surface area contributed by atoms with Gasteiger partial charge in [-0.2, -0.15) is 0 Å². The van der Waals surface area contributed by atoms with Crippen molar-refractivity contribution in [3.63, 3.8) is 0 Å². The number of fused-ring (bicyclic) bond motifs is 1. The van der Waals surface area contributed by atoms with Crippen LogP contribution in [-0.4, -0.2) is 37.0 Å². The van der Waals surface area contributed by atoms with Crippen molar-refractivity contribution in [1.29, 1.82) is 0 Å². The molecule has 2 aromatic carbocycles. The fourth-order valence-electron chi connectivity index (χ4n) is 3.64. The van der Waals surface area contributed by atoms with Crippen LogP contribution < -0.4 is 9.64 Å². The average molecular weight is 450 g/mol. The molecule has 0 saturated carbocycles. The highest BCUT2D eigenvalue weighted by molar-refractivity contribution is 6.30. The Labute approximate surface area is 189 Å². The van der Waals surface area contributed by atoms with Gasteiger partial charge < -0.3 is 14.6 Å². The Morgan fingerprint density at radius 2 is 1.67 bits per heavy atom. The largest absolute Gasteiger partial charge is 0.422 e. The smallest absolute Gasteiger partial charge is 0.343 e. The standard InChI is InChI=1S/C23H27ClN2O2.CH3Cl/c1-3-13-26(14-4-2)15-12-18-16-25-20-6-5-7-21(22(18)20)28-23(27)17-8-10-19(24)11-9-17;1-2/h5-11,16,25H,3-4,12-15H2,1-2H3;1H3/p+1. The number of ether oxygens (including phenoxy) is 1. The Hall–Kier alpha value is -2.01. The molecule has 0 aliphatic carbocycles. The maximum Gasteiger partial charge on any atom is 0.343 e. The molecular weight excluding hydrogens is 419 g/mol. The summed E-state index contributed by atoms with van der Waals surface area (Å²) in [5, 5.41) is 1.59. The van der Waals surface area contributed by atoms with Gasteiger partial charge in [0.05, 0.1) is 25.2 Å². The first-order valence-corrected chi connectivity index (χ1v) is 11.5. The van der Waals surface area contributed by atoms with E-state index in [-0.39, 0.29) is 5.97 Å². The van der Waals surface area contributed by atoms with E-state index in [1.807, 2.05) is 24.4 Å². The van der Waals surface area contributed by atoms with Crippen molar-refractivity contribution in [2.45, 2.75) is 33.1 Å². The normalized spacial score (nSPS) is 10.7. The molecule has 2 N–H and O–H groups in total. The second kappa shape index (κ2) is 12.6. The van der Waals surface area contributed by atoms with Crippen molar-refractivity contribution in [3.8, 4) is 5.75 Å². The Morgan fingerprint density at radius 3 is 2.30 bits per heavy atom. The third-order valence-electron chi connectivity index (χ3n) is 4.99. The fraction of sp³-hybridized carbons (Fsp3) is 0.375. The summed E-state index contributed by atoms with van der Waals surface area (Å²) >= 11 is 10.5. The summed E-state index contributed by atoms with van der Waals surface area (Å²) in [6, 6.07) is 12.5. The molecule has 3 aromatic rings. The highest BCUT2D eigenvalue weighted by Gasteiger charge is 2.16. The van der Waals surface area contributed by atoms with E-state index in [2.05, 4.69) is 30.4 Å². The molecule has 3 rings (SSSR count). The zero-order chi connectivity index (χ0) is 21.9. The number of alkyl halides is 1. The number of carbonyl (C=O) groups excluding carboxylic acids is 1. The maximum absolute atomic E-state index is 12.6. The van der Waals surface area contributed by atoms with Gasteiger partial charge in [0.1, 0.15) is 5.75 Å². The minimum Gasteiger partial charge on any atom is -0.422 e. The quantitative estimate of drug-likeness (QED) is 0.269. The molecule has 0 aliphatic heterocycles. The molecule has 1 heterocycles. The first-order valence-electron chi connectivity index (χ1n) is 10.4. The molecule has 6 heteroatoms. The monoisotopic (exact) mass is 449 g/mol. The number of hydrogen-bond donors (Lipinski definition) is 2. The van der Waals surface area contributed by atoms with Crippen molar-refractivity contribution < 1.29 is 14.4 Å². The number of rotatable bonds is 9. The number of nitrogens with one attached hydrogen (secondary N) is 2. The van der Waals surface area contributed by atoms with Crippen molar-refractivity contribution in [1.82, 2.24) is 4.98 Å². The van der Waals surface area contributed by atoms with E-state index in [1.54, 1.807) is 29.2 Å². The zero-order valence-electron chi connectivity index (χ0n) is 17.9. The zero-order valence-corrected chi connectivity index (χ0v) is 19.4. The maximum atomic E-state index is 12.6. The highest BCUT2D eigenvalue weighted by Crippen LogP contribution is 2.29. The van der Waals surface area contributed by atoms with Crippen LogP contribution in [0.25, 0.3) is 10.9 Å². The van der Waals surface area contributed by atoms with Gasteiger partial charge >= 0.3 is 5.97 Å². The predicted molar refractivity (Wildman–Crippen MR) is 126 cm³/mol. The van der Waals surface area contributed by atoms with Crippen molar-refractivity contribution >= 4 is 40.1 Å². The van der Waals surface area contributed by atoms with Crippen molar-refractivity contribution in [3.05, 3.63) is 64.8 Å². The molecule has 0 bridgehead atoms. The lowest BCUT2D eigenvalue weighted by atomic mass is 10.1. The van der Waals surface area contributed by atoms with Crippen LogP contribution in [0.4, 0.5) is 0 Å². The summed E-state index contributed by atoms with van der Waals surface area (Å²) in [7, 11) is 0. The molecule has 1 aromatic heterocycles. The Morgan fingerprint density at radius 1 is 1.00 bits per heavy atom. The number of carbonyl (C=O) groups is 1. The second-order valence-corrected chi connectivity index (χ2v) is 7.58. The molecule has 0 fully saturated rings. The molecule has 0 saturated heterocycles. The number of aromatic nitrogens is 1. The lowest BCUT2D eigenvalue weighted by molar-refractivity contribution is -0.900. The number of quaternary nitrogens is 1. The summed E-state index contributed by atoms with van der Waals surface area (Å²) in [6.07, 6.45) is 6.84. The van der Waals surface area contributed by atoms with Gasteiger partial charge in [0.25, 0.3) is 0 Å². The summed E-state index contributed by atoms with van der Waals surface area (Å²) in [5.41, 5.74) is 2.67. The molecule has 0 spiro atoms. The molecule has 0 radical (unpaired) electrons. The van der Waals surface area contributed by atoms with Crippen LogP contribution in [0.2, 0.25) is 5.02 Å². The van der Waals surface area contributed by atoms with Gasteiger partial charge in [-0.3, -0.25) is 0 Å². The van der Waals surface area contributed by atoms with Crippen LogP contribution in [0.3, 0.4) is 0 Å². The molecule has 0 aliphatic rings. The SMILES string of the molecule is CCC[NH+](CCC)CCc1c[nH]c2cccc(OC(=O)c3ccc(Cl)cc3)c12.CCl. The molecule has 162 valence electrons. The molecule has 30 heavy (non-hydrogen) atoms. The third-order valence-corrected chi connectivity index (χ3v) is 5.24. The molecule has 0 amide bonds. The summed E-state index contributed by atoms with van der Waals surface area (Å²) in [5.74, 6) is 0.224. The van der Waals surface area contributed by atoms with Gasteiger partial charge in [-0.05, 0) is 54.8 Å². The summed E-state index contributed by atoms with van der Waals surface area (Å²) in [4.78, 5) is 17.5. The summed E-state index contributed by atoms with van der Waals surface area (Å²) in [6.45, 7) is 7.92. The van der Waals surface area contributed by atoms with Gasteiger partial charge in [-0.1, -0.05) is 31.5 Å². The number of aromatic amines is 1. The van der Waals surface area contributed by atoms with Crippen LogP contribution in [0.15, 0.2) is 48.7 Å². The Bertz CT molecular complexity index is 917. The third kappa shape index (κ3) is 6.49. The van der Waals surface area contributed by atoms with Gasteiger partial charge in [-0.15, -0.1) is 11.6 Å². The first-order chi connectivity index (χ1) is 14.6. The summed E-state index contributed by atoms with van der Waals surface area (Å²) < 4.78 is 5.75. The van der Waals surface area contributed by atoms with E-state index < -0.39 is 0 Å². The number of benzene rings is 2. The predicted octanol–water partition coefficient (Wildman–Crippen LogP) is 5.14. The van der Waals surface area contributed by atoms with Crippen LogP contribution in [-0.2, 0) is 6.42 Å². The second-order valence-electron chi connectivity index (χ2n) is 7.14. The van der Waals surface area contributed by atoms with Crippen molar-refractivity contribution in [2.75, 3.05) is 26.0 Å². The van der Waals surface area contributed by atoms with E-state index in [0.29, 0.717) is 16.3 Å². The van der Waals surface area contributed by atoms with Gasteiger partial charge in [0, 0.05) is 34.9 Å². The first kappa shape index (κ1) is 24.3. The average Bonchev–Trinajstić information content (AvgIpc) is 3.18. The Balaban J connectivity index is 0.00000155. The highest BCUT2D eigenvalue weighted by atomic mass is 35.5. The minimum atomic E-state index is -0.375. The van der Waals surface area contributed by atoms with E-state index in [1.165, 1.54) is 37.9 Å². The molecule has 0 atom stereocenters. The Kier molecular flexibility index (Phi) is 10.2. The van der Waals surface area contributed by atoms with E-state index in [9.17, 15) is 4.79 Å². The topological polar surface area (TPSA) is 46.5 Å². The van der Waals surface area contributed by atoms with Crippen molar-refractivity contribution in [2.24, 2.45) is 0 Å². The van der Waals surface area contributed by atoms with Gasteiger partial charge in [0.15, 0.2) is 0 Å². The van der Waals surface area contributed by atoms with Crippen LogP contribution in [0, 0.1) is 0 Å². The van der Waals surface area contributed by atoms with E-state index in [4.69, 9.17) is 16.3 Å². The molecule has 0 unspecified atom stereocenters. The number of halogens is 2. The van der Waals surface area contributed by atoms with E-state index >= 15 is 0 Å². The van der Waals surface area contributed by atoms with Gasteiger partial charge in [-0.25, -0.2) is 4.79 Å². The molecule has 4 nitrogen and oxygen atoms in total.